The summed E-state index contributed by atoms with van der Waals surface area (Å²) in [7, 11) is 0. The summed E-state index contributed by atoms with van der Waals surface area (Å²) in [4.78, 5) is 10.8. The number of hydrogen-bond acceptors (Lipinski definition) is 2. The molecule has 0 unspecified atom stereocenters. The second kappa shape index (κ2) is 5.41. The number of halogens is 1. The quantitative estimate of drug-likeness (QED) is 0.874. The highest BCUT2D eigenvalue weighted by molar-refractivity contribution is 9.10. The first-order valence-electron chi connectivity index (χ1n) is 6.33. The predicted octanol–water partition coefficient (Wildman–Crippen LogP) is 3.57. The van der Waals surface area contributed by atoms with Crippen LogP contribution >= 0.6 is 15.9 Å². The first-order chi connectivity index (χ1) is 8.56. The van der Waals surface area contributed by atoms with Gasteiger partial charge in [0.1, 0.15) is 0 Å². The van der Waals surface area contributed by atoms with Gasteiger partial charge in [-0.05, 0) is 43.4 Å². The smallest absolute Gasteiger partial charge is 0.335 e. The van der Waals surface area contributed by atoms with Gasteiger partial charge in [0.2, 0.25) is 0 Å². The predicted molar refractivity (Wildman–Crippen MR) is 74.8 cm³/mol. The molecule has 98 valence electrons. The Morgan fingerprint density at radius 1 is 1.50 bits per heavy atom. The van der Waals surface area contributed by atoms with Crippen LogP contribution in [0.25, 0.3) is 0 Å². The van der Waals surface area contributed by atoms with Crippen LogP contribution in [-0.2, 0) is 6.54 Å². The fourth-order valence-electron chi connectivity index (χ4n) is 2.37. The summed E-state index contributed by atoms with van der Waals surface area (Å²) < 4.78 is 0.862. The second-order valence-electron chi connectivity index (χ2n) is 4.95. The van der Waals surface area contributed by atoms with E-state index in [9.17, 15) is 4.79 Å². The third-order valence-corrected chi connectivity index (χ3v) is 4.68. The van der Waals surface area contributed by atoms with Crippen molar-refractivity contribution in [3.8, 4) is 0 Å². The molecule has 1 aliphatic rings. The standard InChI is InChI=1S/C14H18BrNO2/c1-2-14(6-3-7-14)16-9-11-5-4-10(13(17)18)8-12(11)15/h4-5,8,16H,2-3,6-7,9H2,1H3,(H,17,18). The molecule has 0 bridgehead atoms. The van der Waals surface area contributed by atoms with Crippen molar-refractivity contribution >= 4 is 21.9 Å². The van der Waals surface area contributed by atoms with Crippen LogP contribution in [-0.4, -0.2) is 16.6 Å². The first-order valence-corrected chi connectivity index (χ1v) is 7.12. The van der Waals surface area contributed by atoms with Gasteiger partial charge in [0, 0.05) is 16.6 Å². The van der Waals surface area contributed by atoms with Crippen LogP contribution in [0.2, 0.25) is 0 Å². The molecule has 0 aromatic heterocycles. The molecule has 4 heteroatoms. The molecule has 0 radical (unpaired) electrons. The van der Waals surface area contributed by atoms with Gasteiger partial charge in [-0.25, -0.2) is 4.79 Å². The van der Waals surface area contributed by atoms with E-state index in [0.29, 0.717) is 11.1 Å². The number of carbonyl (C=O) groups is 1. The van der Waals surface area contributed by atoms with Crippen molar-refractivity contribution in [2.24, 2.45) is 0 Å². The van der Waals surface area contributed by atoms with E-state index in [1.165, 1.54) is 19.3 Å². The average Bonchev–Trinajstić information content (AvgIpc) is 2.29. The molecule has 1 aromatic rings. The minimum Gasteiger partial charge on any atom is -0.478 e. The number of carboxylic acid groups (broad SMARTS) is 1. The van der Waals surface area contributed by atoms with Gasteiger partial charge in [-0.1, -0.05) is 28.9 Å². The Balaban J connectivity index is 2.03. The van der Waals surface area contributed by atoms with Crippen molar-refractivity contribution in [2.75, 3.05) is 0 Å². The molecular weight excluding hydrogens is 294 g/mol. The zero-order valence-electron chi connectivity index (χ0n) is 10.5. The summed E-state index contributed by atoms with van der Waals surface area (Å²) in [5, 5.41) is 12.5. The lowest BCUT2D eigenvalue weighted by molar-refractivity contribution is 0.0696. The molecule has 2 N–H and O–H groups in total. The molecule has 1 aliphatic carbocycles. The third-order valence-electron chi connectivity index (χ3n) is 3.94. The van der Waals surface area contributed by atoms with Crippen molar-refractivity contribution in [1.29, 1.82) is 0 Å². The molecule has 1 fully saturated rings. The second-order valence-corrected chi connectivity index (χ2v) is 5.81. The van der Waals surface area contributed by atoms with E-state index >= 15 is 0 Å². The Morgan fingerprint density at radius 2 is 2.22 bits per heavy atom. The van der Waals surface area contributed by atoms with Gasteiger partial charge < -0.3 is 10.4 Å². The molecule has 3 nitrogen and oxygen atoms in total. The molecule has 2 rings (SSSR count). The summed E-state index contributed by atoms with van der Waals surface area (Å²) in [6.45, 7) is 3.00. The van der Waals surface area contributed by atoms with Crippen molar-refractivity contribution in [3.63, 3.8) is 0 Å². The van der Waals surface area contributed by atoms with Crippen molar-refractivity contribution < 1.29 is 9.90 Å². The molecule has 18 heavy (non-hydrogen) atoms. The maximum Gasteiger partial charge on any atom is 0.335 e. The Kier molecular flexibility index (Phi) is 4.07. The highest BCUT2D eigenvalue weighted by atomic mass is 79.9. The van der Waals surface area contributed by atoms with Gasteiger partial charge in [0.15, 0.2) is 0 Å². The Bertz CT molecular complexity index is 450. The third kappa shape index (κ3) is 2.75. The zero-order chi connectivity index (χ0) is 13.2. The van der Waals surface area contributed by atoms with Gasteiger partial charge in [0.05, 0.1) is 5.56 Å². The van der Waals surface area contributed by atoms with Crippen molar-refractivity contribution in [1.82, 2.24) is 5.32 Å². The minimum atomic E-state index is -0.890. The van der Waals surface area contributed by atoms with E-state index in [4.69, 9.17) is 5.11 Å². The fraction of sp³-hybridized carbons (Fsp3) is 0.500. The van der Waals surface area contributed by atoms with E-state index in [2.05, 4.69) is 28.2 Å². The summed E-state index contributed by atoms with van der Waals surface area (Å²) in [6, 6.07) is 5.20. The molecular formula is C14H18BrNO2. The van der Waals surface area contributed by atoms with E-state index in [0.717, 1.165) is 23.0 Å². The van der Waals surface area contributed by atoms with Crippen molar-refractivity contribution in [2.45, 2.75) is 44.7 Å². The molecule has 0 aliphatic heterocycles. The minimum absolute atomic E-state index is 0.310. The largest absolute Gasteiger partial charge is 0.478 e. The number of benzene rings is 1. The SMILES string of the molecule is CCC1(NCc2ccc(C(=O)O)cc2Br)CCC1. The first kappa shape index (κ1) is 13.6. The highest BCUT2D eigenvalue weighted by Crippen LogP contribution is 2.35. The number of aromatic carboxylic acids is 1. The summed E-state index contributed by atoms with van der Waals surface area (Å²) >= 11 is 3.44. The van der Waals surface area contributed by atoms with Gasteiger partial charge >= 0.3 is 5.97 Å². The lowest BCUT2D eigenvalue weighted by atomic mass is 9.75. The monoisotopic (exact) mass is 311 g/mol. The molecule has 0 saturated heterocycles. The number of nitrogens with one attached hydrogen (secondary N) is 1. The molecule has 1 saturated carbocycles. The average molecular weight is 312 g/mol. The summed E-state index contributed by atoms with van der Waals surface area (Å²) in [6.07, 6.45) is 4.94. The topological polar surface area (TPSA) is 49.3 Å². The number of carboxylic acids is 1. The van der Waals surface area contributed by atoms with Gasteiger partial charge in [-0.2, -0.15) is 0 Å². The molecule has 0 spiro atoms. The highest BCUT2D eigenvalue weighted by Gasteiger charge is 2.34. The number of rotatable bonds is 5. The van der Waals surface area contributed by atoms with Gasteiger partial charge in [0.25, 0.3) is 0 Å². The van der Waals surface area contributed by atoms with Crippen LogP contribution < -0.4 is 5.32 Å². The molecule has 0 atom stereocenters. The van der Waals surface area contributed by atoms with E-state index in [1.807, 2.05) is 6.07 Å². The van der Waals surface area contributed by atoms with Gasteiger partial charge in [-0.15, -0.1) is 0 Å². The zero-order valence-corrected chi connectivity index (χ0v) is 12.1. The number of hydrogen-bond donors (Lipinski definition) is 2. The normalized spacial score (nSPS) is 17.2. The van der Waals surface area contributed by atoms with Gasteiger partial charge in [-0.3, -0.25) is 0 Å². The maximum atomic E-state index is 10.8. The van der Waals surface area contributed by atoms with Crippen LogP contribution in [0.15, 0.2) is 22.7 Å². The van der Waals surface area contributed by atoms with Crippen LogP contribution in [0.5, 0.6) is 0 Å². The van der Waals surface area contributed by atoms with E-state index < -0.39 is 5.97 Å². The Morgan fingerprint density at radius 3 is 2.67 bits per heavy atom. The van der Waals surface area contributed by atoms with Crippen LogP contribution in [0.3, 0.4) is 0 Å². The molecule has 0 heterocycles. The summed E-state index contributed by atoms with van der Waals surface area (Å²) in [5.74, 6) is -0.890. The Labute approximate surface area is 116 Å². The van der Waals surface area contributed by atoms with E-state index in [1.54, 1.807) is 12.1 Å². The van der Waals surface area contributed by atoms with E-state index in [-0.39, 0.29) is 0 Å². The summed E-state index contributed by atoms with van der Waals surface area (Å²) in [5.41, 5.74) is 1.74. The van der Waals surface area contributed by atoms with Crippen LogP contribution in [0.1, 0.15) is 48.5 Å². The fourth-order valence-corrected chi connectivity index (χ4v) is 2.88. The van der Waals surface area contributed by atoms with Crippen molar-refractivity contribution in [3.05, 3.63) is 33.8 Å². The molecule has 0 amide bonds. The van der Waals surface area contributed by atoms with Crippen LogP contribution in [0.4, 0.5) is 0 Å². The lowest BCUT2D eigenvalue weighted by Crippen LogP contribution is -2.49. The van der Waals surface area contributed by atoms with Crippen LogP contribution in [0, 0.1) is 0 Å². The molecule has 1 aromatic carbocycles. The Hall–Kier alpha value is -0.870. The lowest BCUT2D eigenvalue weighted by Gasteiger charge is -2.42. The maximum absolute atomic E-state index is 10.8.